The van der Waals surface area contributed by atoms with Gasteiger partial charge in [0.05, 0.1) is 56.1 Å². The highest BCUT2D eigenvalue weighted by Gasteiger charge is 2.42. The monoisotopic (exact) mass is 669 g/mol. The molecule has 4 aliphatic rings. The number of aliphatic hydroxyl groups is 1. The van der Waals surface area contributed by atoms with E-state index in [9.17, 15) is 10.4 Å². The topological polar surface area (TPSA) is 169 Å². The molecule has 2 saturated heterocycles. The average molecular weight is 670 g/mol. The first-order valence-electron chi connectivity index (χ1n) is 17.7. The van der Waals surface area contributed by atoms with Crippen molar-refractivity contribution in [1.29, 1.82) is 5.26 Å². The van der Waals surface area contributed by atoms with Gasteiger partial charge in [0.2, 0.25) is 5.95 Å². The van der Waals surface area contributed by atoms with Crippen LogP contribution in [0.3, 0.4) is 0 Å². The molecule has 2 aliphatic heterocycles. The highest BCUT2D eigenvalue weighted by Crippen LogP contribution is 2.40. The van der Waals surface area contributed by atoms with E-state index in [0.717, 1.165) is 69.3 Å². The normalized spacial score (nSPS) is 25.4. The lowest BCUT2D eigenvalue weighted by Crippen LogP contribution is -2.52. The van der Waals surface area contributed by atoms with Crippen LogP contribution in [0.4, 0.5) is 11.6 Å². The Labute approximate surface area is 287 Å². The molecule has 4 fully saturated rings. The van der Waals surface area contributed by atoms with Gasteiger partial charge in [0, 0.05) is 42.5 Å². The number of anilines is 2. The SMILES string of the molecule is C[C@@H](CN=CN)Oc1cc(-c2cnc(Nc3cn(C4CCC(N5[C@@H]6CC[C@H]5COC6)CC4)nc3OCCC3(O)CCC3)nc2)ccc1C#N. The minimum atomic E-state index is -0.626. The second-order valence-electron chi connectivity index (χ2n) is 14.0. The summed E-state index contributed by atoms with van der Waals surface area (Å²) in [6.45, 7) is 4.39. The average Bonchev–Trinajstić information content (AvgIpc) is 3.62. The van der Waals surface area contributed by atoms with E-state index >= 15 is 0 Å². The van der Waals surface area contributed by atoms with Crippen LogP contribution >= 0.6 is 0 Å². The molecule has 2 saturated carbocycles. The fourth-order valence-corrected chi connectivity index (χ4v) is 7.82. The number of nitrogens with two attached hydrogens (primary N) is 1. The number of hydrogen-bond donors (Lipinski definition) is 3. The maximum Gasteiger partial charge on any atom is 0.256 e. The molecular weight excluding hydrogens is 622 g/mol. The molecule has 0 unspecified atom stereocenters. The zero-order chi connectivity index (χ0) is 33.8. The smallest absolute Gasteiger partial charge is 0.256 e. The molecule has 0 spiro atoms. The molecule has 13 heteroatoms. The summed E-state index contributed by atoms with van der Waals surface area (Å²) < 4.78 is 20.1. The summed E-state index contributed by atoms with van der Waals surface area (Å²) in [5, 5.41) is 28.5. The van der Waals surface area contributed by atoms with Crippen LogP contribution in [0.2, 0.25) is 0 Å². The minimum Gasteiger partial charge on any atom is -0.487 e. The lowest BCUT2D eigenvalue weighted by Gasteiger charge is -2.43. The van der Waals surface area contributed by atoms with Gasteiger partial charge >= 0.3 is 0 Å². The molecule has 2 aromatic heterocycles. The van der Waals surface area contributed by atoms with Crippen molar-refractivity contribution in [2.75, 3.05) is 31.7 Å². The number of nitrogens with one attached hydrogen (secondary N) is 1. The van der Waals surface area contributed by atoms with Gasteiger partial charge in [-0.1, -0.05) is 6.07 Å². The summed E-state index contributed by atoms with van der Waals surface area (Å²) in [6.07, 6.45) is 16.7. The summed E-state index contributed by atoms with van der Waals surface area (Å²) in [4.78, 5) is 16.0. The molecule has 2 aliphatic carbocycles. The number of ether oxygens (including phenoxy) is 3. The van der Waals surface area contributed by atoms with E-state index in [2.05, 4.69) is 31.2 Å². The first-order chi connectivity index (χ1) is 23.9. The minimum absolute atomic E-state index is 0.256. The Balaban J connectivity index is 1.04. The first kappa shape index (κ1) is 33.3. The Morgan fingerprint density at radius 2 is 1.82 bits per heavy atom. The summed E-state index contributed by atoms with van der Waals surface area (Å²) >= 11 is 0. The van der Waals surface area contributed by atoms with Gasteiger partial charge in [0.15, 0.2) is 0 Å². The Kier molecular flexibility index (Phi) is 9.98. The predicted octanol–water partition coefficient (Wildman–Crippen LogP) is 4.74. The van der Waals surface area contributed by atoms with Crippen molar-refractivity contribution in [2.24, 2.45) is 10.7 Å². The zero-order valence-electron chi connectivity index (χ0n) is 28.2. The number of nitrogens with zero attached hydrogens (tertiary/aromatic N) is 7. The number of nitriles is 1. The third-order valence-electron chi connectivity index (χ3n) is 10.7. The van der Waals surface area contributed by atoms with Crippen LogP contribution in [0, 0.1) is 11.3 Å². The van der Waals surface area contributed by atoms with E-state index < -0.39 is 5.60 Å². The number of benzene rings is 1. The third-order valence-corrected chi connectivity index (χ3v) is 10.7. The van der Waals surface area contributed by atoms with Gasteiger partial charge in [-0.3, -0.25) is 14.6 Å². The number of morpholine rings is 1. The number of fused-ring (bicyclic) bond motifs is 2. The number of rotatable bonds is 13. The maximum absolute atomic E-state index is 10.6. The van der Waals surface area contributed by atoms with Crippen LogP contribution in [0.5, 0.6) is 11.6 Å². The molecule has 4 N–H and O–H groups in total. The highest BCUT2D eigenvalue weighted by atomic mass is 16.5. The lowest BCUT2D eigenvalue weighted by molar-refractivity contribution is -0.0486. The maximum atomic E-state index is 10.6. The Bertz CT molecular complexity index is 1630. The van der Waals surface area contributed by atoms with Crippen molar-refractivity contribution in [3.05, 3.63) is 42.4 Å². The van der Waals surface area contributed by atoms with Crippen LogP contribution < -0.4 is 20.5 Å². The van der Waals surface area contributed by atoms with Crippen LogP contribution in [0.1, 0.15) is 82.7 Å². The van der Waals surface area contributed by atoms with Crippen LogP contribution in [0.15, 0.2) is 41.8 Å². The molecule has 2 bridgehead atoms. The molecule has 0 amide bonds. The summed E-state index contributed by atoms with van der Waals surface area (Å²) in [6, 6.07) is 9.64. The third kappa shape index (κ3) is 7.51. The highest BCUT2D eigenvalue weighted by molar-refractivity contribution is 5.67. The van der Waals surface area contributed by atoms with E-state index in [-0.39, 0.29) is 12.1 Å². The second-order valence-corrected chi connectivity index (χ2v) is 14.0. The van der Waals surface area contributed by atoms with E-state index in [1.165, 1.54) is 19.2 Å². The molecular formula is C36H47N9O4. The molecule has 49 heavy (non-hydrogen) atoms. The fraction of sp³-hybridized carbons (Fsp3) is 0.583. The Morgan fingerprint density at radius 3 is 2.49 bits per heavy atom. The van der Waals surface area contributed by atoms with Gasteiger partial charge in [-0.15, -0.1) is 5.10 Å². The van der Waals surface area contributed by atoms with Crippen LogP contribution in [-0.4, -0.2) is 92.3 Å². The van der Waals surface area contributed by atoms with Gasteiger partial charge in [0.25, 0.3) is 5.88 Å². The Morgan fingerprint density at radius 1 is 1.10 bits per heavy atom. The zero-order valence-corrected chi connectivity index (χ0v) is 28.2. The van der Waals surface area contributed by atoms with E-state index in [1.54, 1.807) is 18.5 Å². The molecule has 13 nitrogen and oxygen atoms in total. The van der Waals surface area contributed by atoms with Crippen molar-refractivity contribution in [3.8, 4) is 28.8 Å². The first-order valence-corrected chi connectivity index (χ1v) is 17.7. The van der Waals surface area contributed by atoms with Gasteiger partial charge in [-0.05, 0) is 82.4 Å². The van der Waals surface area contributed by atoms with Gasteiger partial charge in [0.1, 0.15) is 23.6 Å². The fourth-order valence-electron chi connectivity index (χ4n) is 7.82. The van der Waals surface area contributed by atoms with E-state index in [1.807, 2.05) is 29.9 Å². The molecule has 1 aromatic carbocycles. The second kappa shape index (κ2) is 14.7. The van der Waals surface area contributed by atoms with Gasteiger partial charge in [-0.25, -0.2) is 9.97 Å². The quantitative estimate of drug-likeness (QED) is 0.170. The molecule has 4 heterocycles. The molecule has 3 aromatic rings. The van der Waals surface area contributed by atoms with Gasteiger partial charge in [-0.2, -0.15) is 5.26 Å². The van der Waals surface area contributed by atoms with Gasteiger partial charge < -0.3 is 30.4 Å². The molecule has 7 rings (SSSR count). The van der Waals surface area contributed by atoms with Crippen molar-refractivity contribution in [1.82, 2.24) is 24.6 Å². The summed E-state index contributed by atoms with van der Waals surface area (Å²) in [7, 11) is 0. The number of aromatic nitrogens is 4. The number of aliphatic imine (C=N–C) groups is 1. The van der Waals surface area contributed by atoms with E-state index in [0.29, 0.717) is 66.5 Å². The van der Waals surface area contributed by atoms with E-state index in [4.69, 9.17) is 25.0 Å². The largest absolute Gasteiger partial charge is 0.487 e. The van der Waals surface area contributed by atoms with Crippen molar-refractivity contribution >= 4 is 18.0 Å². The summed E-state index contributed by atoms with van der Waals surface area (Å²) in [5.74, 6) is 1.37. The van der Waals surface area contributed by atoms with Crippen molar-refractivity contribution < 1.29 is 19.3 Å². The Hall–Kier alpha value is -4.25. The predicted molar refractivity (Wildman–Crippen MR) is 185 cm³/mol. The number of hydrogen-bond acceptors (Lipinski definition) is 11. The molecule has 0 radical (unpaired) electrons. The standard InChI is InChI=1S/C36H47N9O4/c1-24(17-39-23-38)49-33-15-25(3-4-26(33)16-37)27-18-40-35(41-19-27)42-32-20-44(43-34(32)48-14-13-36(46)11-2-12-36)28-5-7-29(8-6-28)45-30-9-10-31(45)22-47-21-30/h3-4,15,18-20,23-24,28-31,46H,2,5-14,17,21-22H2,1H3,(H2,38,39)(H,40,41,42)/t24-,28?,29?,30-,31+/m0/s1. The lowest BCUT2D eigenvalue weighted by atomic mass is 9.78. The van der Waals surface area contributed by atoms with Crippen molar-refractivity contribution in [3.63, 3.8) is 0 Å². The molecule has 260 valence electrons. The van der Waals surface area contributed by atoms with Crippen molar-refractivity contribution in [2.45, 2.75) is 107 Å². The molecule has 3 atom stereocenters. The summed E-state index contributed by atoms with van der Waals surface area (Å²) in [5.41, 5.74) is 7.47. The van der Waals surface area contributed by atoms with Crippen LogP contribution in [0.25, 0.3) is 11.1 Å². The van der Waals surface area contributed by atoms with Crippen LogP contribution in [-0.2, 0) is 4.74 Å².